The molecule has 84 valence electrons. The average Bonchev–Trinajstić information content (AvgIpc) is 2.67. The third-order valence-corrected chi connectivity index (χ3v) is 1.91. The van der Waals surface area contributed by atoms with Gasteiger partial charge in [-0.05, 0) is 26.3 Å². The minimum Gasteiger partial charge on any atom is -0.313 e. The highest BCUT2D eigenvalue weighted by Crippen LogP contribution is 2.03. The summed E-state index contributed by atoms with van der Waals surface area (Å²) in [6, 6.07) is 0. The Bertz CT molecular complexity index is 321. The van der Waals surface area contributed by atoms with Crippen LogP contribution in [-0.2, 0) is 6.54 Å². The van der Waals surface area contributed by atoms with E-state index >= 15 is 0 Å². The Morgan fingerprint density at radius 1 is 1.40 bits per heavy atom. The Morgan fingerprint density at radius 2 is 2.07 bits per heavy atom. The summed E-state index contributed by atoms with van der Waals surface area (Å²) < 4.78 is 2.02. The van der Waals surface area contributed by atoms with Gasteiger partial charge in [-0.15, -0.1) is 10.2 Å². The molecule has 15 heavy (non-hydrogen) atoms. The summed E-state index contributed by atoms with van der Waals surface area (Å²) in [5, 5.41) is 7.76. The first-order valence-corrected chi connectivity index (χ1v) is 5.40. The highest BCUT2D eigenvalue weighted by molar-refractivity contribution is 5.17. The maximum atomic E-state index is 3.93. The topological polar surface area (TPSA) is 30.7 Å². The fraction of sp³-hybridized carbons (Fsp3) is 0.500. The summed E-state index contributed by atoms with van der Waals surface area (Å²) in [4.78, 5) is 0. The summed E-state index contributed by atoms with van der Waals surface area (Å²) in [5.41, 5.74) is 1.27. The predicted molar refractivity (Wildman–Crippen MR) is 64.7 cm³/mol. The molecule has 1 heterocycles. The molecule has 0 bridgehead atoms. The summed E-state index contributed by atoms with van der Waals surface area (Å²) >= 11 is 0. The Balaban J connectivity index is 0.000000921. The normalized spacial score (nSPS) is 11.4. The highest BCUT2D eigenvalue weighted by atomic mass is 15.2. The van der Waals surface area contributed by atoms with Gasteiger partial charge >= 0.3 is 0 Å². The fourth-order valence-corrected chi connectivity index (χ4v) is 1.12. The number of hydrogen-bond donors (Lipinski definition) is 0. The van der Waals surface area contributed by atoms with Gasteiger partial charge < -0.3 is 4.57 Å². The number of rotatable bonds is 3. The molecular weight excluding hydrogens is 186 g/mol. The molecule has 0 N–H and O–H groups in total. The van der Waals surface area contributed by atoms with Crippen LogP contribution in [0.25, 0.3) is 0 Å². The van der Waals surface area contributed by atoms with Gasteiger partial charge in [0.15, 0.2) is 0 Å². The van der Waals surface area contributed by atoms with Crippen molar-refractivity contribution < 1.29 is 0 Å². The van der Waals surface area contributed by atoms with Crippen molar-refractivity contribution in [1.82, 2.24) is 14.8 Å². The molecule has 0 amide bonds. The van der Waals surface area contributed by atoms with Crippen LogP contribution < -0.4 is 0 Å². The van der Waals surface area contributed by atoms with Crippen LogP contribution in [0.2, 0.25) is 0 Å². The van der Waals surface area contributed by atoms with Crippen LogP contribution in [0.4, 0.5) is 0 Å². The van der Waals surface area contributed by atoms with Gasteiger partial charge in [-0.1, -0.05) is 32.1 Å². The van der Waals surface area contributed by atoms with Gasteiger partial charge in [0.1, 0.15) is 12.2 Å². The second-order valence-corrected chi connectivity index (χ2v) is 2.87. The van der Waals surface area contributed by atoms with Gasteiger partial charge in [-0.3, -0.25) is 0 Å². The van der Waals surface area contributed by atoms with Gasteiger partial charge in [0, 0.05) is 6.54 Å². The summed E-state index contributed by atoms with van der Waals surface area (Å²) in [7, 11) is 0. The van der Waals surface area contributed by atoms with Crippen LogP contribution in [0.5, 0.6) is 0 Å². The summed E-state index contributed by atoms with van der Waals surface area (Å²) in [5.74, 6) is 0.948. The van der Waals surface area contributed by atoms with Crippen molar-refractivity contribution in [2.24, 2.45) is 0 Å². The lowest BCUT2D eigenvalue weighted by Crippen LogP contribution is -2.00. The number of hydrogen-bond acceptors (Lipinski definition) is 2. The Hall–Kier alpha value is -1.38. The van der Waals surface area contributed by atoms with E-state index in [1.165, 1.54) is 5.57 Å². The minimum absolute atomic E-state index is 0.847. The molecule has 0 aliphatic carbocycles. The number of aryl methyl sites for hydroxylation is 1. The lowest BCUT2D eigenvalue weighted by atomic mass is 10.2. The van der Waals surface area contributed by atoms with Gasteiger partial charge in [-0.25, -0.2) is 0 Å². The summed E-state index contributed by atoms with van der Waals surface area (Å²) in [6.45, 7) is 10.9. The number of nitrogens with zero attached hydrogens (tertiary/aromatic N) is 3. The molecule has 3 heteroatoms. The van der Waals surface area contributed by atoms with Crippen LogP contribution in [0.3, 0.4) is 0 Å². The Labute approximate surface area is 92.5 Å². The largest absolute Gasteiger partial charge is 0.313 e. The van der Waals surface area contributed by atoms with Gasteiger partial charge in [-0.2, -0.15) is 0 Å². The van der Waals surface area contributed by atoms with Crippen LogP contribution in [0, 0.1) is 6.92 Å². The zero-order chi connectivity index (χ0) is 11.7. The molecule has 0 atom stereocenters. The standard InChI is InChI=1S/C10H15N3.C2H6/c1-4-6-10(5-2)7-13-8-11-12-9(13)3;1-2/h4-6,8H,7H2,1-3H3;1-2H3/b6-4-,10-5+;. The molecule has 0 spiro atoms. The predicted octanol–water partition coefficient (Wildman–Crippen LogP) is 3.14. The van der Waals surface area contributed by atoms with Crippen molar-refractivity contribution in [1.29, 1.82) is 0 Å². The molecule has 0 aromatic carbocycles. The molecule has 1 aromatic rings. The SMILES string of the molecule is C/C=C\C(=C/C)Cn1cnnc1C.CC. The van der Waals surface area contributed by atoms with Crippen molar-refractivity contribution in [2.45, 2.75) is 41.2 Å². The van der Waals surface area contributed by atoms with Crippen LogP contribution in [-0.4, -0.2) is 14.8 Å². The van der Waals surface area contributed by atoms with E-state index in [0.29, 0.717) is 0 Å². The van der Waals surface area contributed by atoms with Gasteiger partial charge in [0.05, 0.1) is 0 Å². The molecule has 0 saturated carbocycles. The first-order chi connectivity index (χ1) is 7.27. The maximum absolute atomic E-state index is 3.93. The van der Waals surface area contributed by atoms with E-state index in [1.807, 2.05) is 45.3 Å². The van der Waals surface area contributed by atoms with E-state index in [1.54, 1.807) is 6.33 Å². The second kappa shape index (κ2) is 7.97. The van der Waals surface area contributed by atoms with Crippen LogP contribution in [0.15, 0.2) is 30.1 Å². The number of aromatic nitrogens is 3. The third-order valence-electron chi connectivity index (χ3n) is 1.91. The minimum atomic E-state index is 0.847. The molecule has 0 saturated heterocycles. The lowest BCUT2D eigenvalue weighted by molar-refractivity contribution is 0.759. The highest BCUT2D eigenvalue weighted by Gasteiger charge is 1.98. The van der Waals surface area contributed by atoms with E-state index in [0.717, 1.165) is 12.4 Å². The average molecular weight is 207 g/mol. The first-order valence-electron chi connectivity index (χ1n) is 5.40. The van der Waals surface area contributed by atoms with Gasteiger partial charge in [0.2, 0.25) is 0 Å². The molecule has 1 rings (SSSR count). The lowest BCUT2D eigenvalue weighted by Gasteiger charge is -2.03. The molecule has 0 unspecified atom stereocenters. The maximum Gasteiger partial charge on any atom is 0.129 e. The van der Waals surface area contributed by atoms with Crippen molar-refractivity contribution in [2.75, 3.05) is 0 Å². The molecule has 0 fully saturated rings. The zero-order valence-corrected chi connectivity index (χ0v) is 10.4. The Morgan fingerprint density at radius 3 is 2.47 bits per heavy atom. The smallest absolute Gasteiger partial charge is 0.129 e. The van der Waals surface area contributed by atoms with E-state index in [4.69, 9.17) is 0 Å². The fourth-order valence-electron chi connectivity index (χ4n) is 1.12. The molecular formula is C12H21N3. The van der Waals surface area contributed by atoms with Crippen LogP contribution >= 0.6 is 0 Å². The van der Waals surface area contributed by atoms with E-state index in [-0.39, 0.29) is 0 Å². The summed E-state index contributed by atoms with van der Waals surface area (Å²) in [6.07, 6.45) is 7.98. The molecule has 3 nitrogen and oxygen atoms in total. The van der Waals surface area contributed by atoms with Crippen molar-refractivity contribution in [3.8, 4) is 0 Å². The third kappa shape index (κ3) is 4.58. The Kier molecular flexibility index (Phi) is 7.24. The molecule has 1 aromatic heterocycles. The number of allylic oxidation sites excluding steroid dienone is 4. The molecule has 0 aliphatic rings. The van der Waals surface area contributed by atoms with E-state index in [2.05, 4.69) is 22.3 Å². The molecule has 0 radical (unpaired) electrons. The van der Waals surface area contributed by atoms with E-state index < -0.39 is 0 Å². The quantitative estimate of drug-likeness (QED) is 0.713. The van der Waals surface area contributed by atoms with E-state index in [9.17, 15) is 0 Å². The molecule has 0 aliphatic heterocycles. The first kappa shape index (κ1) is 13.6. The second-order valence-electron chi connectivity index (χ2n) is 2.87. The zero-order valence-electron chi connectivity index (χ0n) is 10.4. The van der Waals surface area contributed by atoms with Crippen molar-refractivity contribution >= 4 is 0 Å². The van der Waals surface area contributed by atoms with Crippen molar-refractivity contribution in [3.05, 3.63) is 36.0 Å². The van der Waals surface area contributed by atoms with Gasteiger partial charge in [0.25, 0.3) is 0 Å². The van der Waals surface area contributed by atoms with Crippen LogP contribution in [0.1, 0.15) is 33.5 Å². The van der Waals surface area contributed by atoms with Crippen molar-refractivity contribution in [3.63, 3.8) is 0 Å². The monoisotopic (exact) mass is 207 g/mol.